The molecule has 2 aromatic heterocycles. The third kappa shape index (κ3) is 1.57. The highest BCUT2D eigenvalue weighted by Gasteiger charge is 2.07. The maximum absolute atomic E-state index is 11.6. The van der Waals surface area contributed by atoms with Gasteiger partial charge in [-0.3, -0.25) is 9.78 Å². The van der Waals surface area contributed by atoms with Gasteiger partial charge >= 0.3 is 0 Å². The molecule has 0 unspecified atom stereocenters. The van der Waals surface area contributed by atoms with Gasteiger partial charge in [0.25, 0.3) is 5.56 Å². The molecule has 84 valence electrons. The standard InChI is InChI=1S/C12H10N4O/c13-12-15-9-6-8(7-4-2-1-3-5-7)14-10(9)11(17)16-12/h1-6,14H,(H3,13,15,16,17). The first-order chi connectivity index (χ1) is 8.24. The lowest BCUT2D eigenvalue weighted by Crippen LogP contribution is -2.10. The van der Waals surface area contributed by atoms with Gasteiger partial charge in [-0.15, -0.1) is 0 Å². The number of benzene rings is 1. The number of nitrogens with one attached hydrogen (secondary N) is 2. The molecule has 0 bridgehead atoms. The maximum Gasteiger partial charge on any atom is 0.276 e. The molecule has 0 saturated carbocycles. The van der Waals surface area contributed by atoms with Crippen LogP contribution in [-0.4, -0.2) is 15.0 Å². The molecule has 0 saturated heterocycles. The van der Waals surface area contributed by atoms with E-state index in [1.807, 2.05) is 36.4 Å². The van der Waals surface area contributed by atoms with E-state index >= 15 is 0 Å². The van der Waals surface area contributed by atoms with E-state index < -0.39 is 0 Å². The molecule has 3 aromatic rings. The molecule has 5 nitrogen and oxygen atoms in total. The van der Waals surface area contributed by atoms with Gasteiger partial charge in [-0.25, -0.2) is 4.98 Å². The van der Waals surface area contributed by atoms with Crippen molar-refractivity contribution in [2.45, 2.75) is 0 Å². The summed E-state index contributed by atoms with van der Waals surface area (Å²) in [6.07, 6.45) is 0. The molecule has 0 aliphatic heterocycles. The summed E-state index contributed by atoms with van der Waals surface area (Å²) in [5.41, 5.74) is 8.11. The molecule has 0 radical (unpaired) electrons. The SMILES string of the molecule is Nc1nc2cc(-c3ccccc3)[nH]c2c(=O)[nH]1. The summed E-state index contributed by atoms with van der Waals surface area (Å²) in [6, 6.07) is 11.6. The van der Waals surface area contributed by atoms with Gasteiger partial charge in [0.1, 0.15) is 5.52 Å². The van der Waals surface area contributed by atoms with Crippen LogP contribution >= 0.6 is 0 Å². The van der Waals surface area contributed by atoms with Gasteiger partial charge in [0.15, 0.2) is 0 Å². The third-order valence-corrected chi connectivity index (χ3v) is 2.59. The summed E-state index contributed by atoms with van der Waals surface area (Å²) in [7, 11) is 0. The molecule has 0 spiro atoms. The highest BCUT2D eigenvalue weighted by Crippen LogP contribution is 2.20. The van der Waals surface area contributed by atoms with Gasteiger partial charge in [-0.1, -0.05) is 30.3 Å². The summed E-state index contributed by atoms with van der Waals surface area (Å²) in [4.78, 5) is 21.2. The first-order valence-corrected chi connectivity index (χ1v) is 5.18. The summed E-state index contributed by atoms with van der Waals surface area (Å²) >= 11 is 0. The minimum Gasteiger partial charge on any atom is -0.369 e. The summed E-state index contributed by atoms with van der Waals surface area (Å²) < 4.78 is 0. The summed E-state index contributed by atoms with van der Waals surface area (Å²) in [6.45, 7) is 0. The molecule has 0 amide bonds. The van der Waals surface area contributed by atoms with Crippen LogP contribution in [0.25, 0.3) is 22.3 Å². The van der Waals surface area contributed by atoms with Crippen LogP contribution in [0.1, 0.15) is 0 Å². The Balaban J connectivity index is 2.28. The molecule has 0 atom stereocenters. The zero-order chi connectivity index (χ0) is 11.8. The maximum atomic E-state index is 11.6. The van der Waals surface area contributed by atoms with Crippen molar-refractivity contribution in [1.82, 2.24) is 15.0 Å². The Bertz CT molecular complexity index is 727. The smallest absolute Gasteiger partial charge is 0.276 e. The number of nitrogen functional groups attached to an aromatic ring is 1. The lowest BCUT2D eigenvalue weighted by Gasteiger charge is -1.94. The Morgan fingerprint density at radius 2 is 1.88 bits per heavy atom. The third-order valence-electron chi connectivity index (χ3n) is 2.59. The van der Waals surface area contributed by atoms with Crippen molar-refractivity contribution in [3.8, 4) is 11.3 Å². The lowest BCUT2D eigenvalue weighted by molar-refractivity contribution is 1.18. The van der Waals surface area contributed by atoms with E-state index in [0.29, 0.717) is 11.0 Å². The van der Waals surface area contributed by atoms with Crippen LogP contribution in [0.5, 0.6) is 0 Å². The molecule has 0 fully saturated rings. The second kappa shape index (κ2) is 3.48. The Morgan fingerprint density at radius 3 is 2.65 bits per heavy atom. The number of aromatic nitrogens is 3. The Labute approximate surface area is 96.3 Å². The van der Waals surface area contributed by atoms with Gasteiger partial charge in [0.2, 0.25) is 5.95 Å². The number of nitrogens with two attached hydrogens (primary N) is 1. The molecule has 0 aliphatic carbocycles. The molecule has 5 heteroatoms. The molecule has 1 aromatic carbocycles. The fraction of sp³-hybridized carbons (Fsp3) is 0. The van der Waals surface area contributed by atoms with Gasteiger partial charge in [0.05, 0.1) is 5.52 Å². The highest BCUT2D eigenvalue weighted by molar-refractivity contribution is 5.82. The Morgan fingerprint density at radius 1 is 1.12 bits per heavy atom. The van der Waals surface area contributed by atoms with E-state index in [9.17, 15) is 4.79 Å². The molecule has 17 heavy (non-hydrogen) atoms. The highest BCUT2D eigenvalue weighted by atomic mass is 16.1. The quantitative estimate of drug-likeness (QED) is 0.587. The number of rotatable bonds is 1. The fourth-order valence-electron chi connectivity index (χ4n) is 1.81. The van der Waals surface area contributed by atoms with Crippen molar-refractivity contribution in [3.05, 3.63) is 46.8 Å². The van der Waals surface area contributed by atoms with Gasteiger partial charge < -0.3 is 10.7 Å². The van der Waals surface area contributed by atoms with Crippen molar-refractivity contribution < 1.29 is 0 Å². The fourth-order valence-corrected chi connectivity index (χ4v) is 1.81. The van der Waals surface area contributed by atoms with E-state index in [1.165, 1.54) is 0 Å². The summed E-state index contributed by atoms with van der Waals surface area (Å²) in [5.74, 6) is 0.126. The molecule has 4 N–H and O–H groups in total. The number of fused-ring (bicyclic) bond motifs is 1. The normalized spacial score (nSPS) is 10.8. The molecule has 3 rings (SSSR count). The average molecular weight is 226 g/mol. The van der Waals surface area contributed by atoms with Gasteiger partial charge in [-0.05, 0) is 11.6 Å². The van der Waals surface area contributed by atoms with Crippen LogP contribution in [0, 0.1) is 0 Å². The zero-order valence-corrected chi connectivity index (χ0v) is 8.90. The van der Waals surface area contributed by atoms with Gasteiger partial charge in [0, 0.05) is 5.69 Å². The average Bonchev–Trinajstić information content (AvgIpc) is 2.74. The van der Waals surface area contributed by atoms with Crippen LogP contribution in [0.2, 0.25) is 0 Å². The first kappa shape index (κ1) is 9.65. The predicted molar refractivity (Wildman–Crippen MR) is 66.6 cm³/mol. The number of hydrogen-bond donors (Lipinski definition) is 3. The molecule has 0 aliphatic rings. The van der Waals surface area contributed by atoms with E-state index in [0.717, 1.165) is 11.3 Å². The Hall–Kier alpha value is -2.56. The number of hydrogen-bond acceptors (Lipinski definition) is 3. The molecular weight excluding hydrogens is 216 g/mol. The lowest BCUT2D eigenvalue weighted by atomic mass is 10.2. The molecule has 2 heterocycles. The Kier molecular flexibility index (Phi) is 1.98. The van der Waals surface area contributed by atoms with Crippen LogP contribution in [0.4, 0.5) is 5.95 Å². The van der Waals surface area contributed by atoms with E-state index in [2.05, 4.69) is 15.0 Å². The summed E-state index contributed by atoms with van der Waals surface area (Å²) in [5, 5.41) is 0. The molecular formula is C12H10N4O. The van der Waals surface area contributed by atoms with Crippen molar-refractivity contribution in [3.63, 3.8) is 0 Å². The van der Waals surface area contributed by atoms with Crippen LogP contribution in [0.15, 0.2) is 41.2 Å². The second-order valence-corrected chi connectivity index (χ2v) is 3.76. The monoisotopic (exact) mass is 226 g/mol. The minimum absolute atomic E-state index is 0.126. The van der Waals surface area contributed by atoms with Gasteiger partial charge in [-0.2, -0.15) is 0 Å². The van der Waals surface area contributed by atoms with Crippen LogP contribution in [-0.2, 0) is 0 Å². The zero-order valence-electron chi connectivity index (χ0n) is 8.90. The van der Waals surface area contributed by atoms with Crippen molar-refractivity contribution in [2.24, 2.45) is 0 Å². The number of nitrogens with zero attached hydrogens (tertiary/aromatic N) is 1. The minimum atomic E-state index is -0.255. The van der Waals surface area contributed by atoms with Crippen LogP contribution < -0.4 is 11.3 Å². The van der Waals surface area contributed by atoms with E-state index in [4.69, 9.17) is 5.73 Å². The number of aromatic amines is 2. The van der Waals surface area contributed by atoms with Crippen molar-refractivity contribution in [2.75, 3.05) is 5.73 Å². The van der Waals surface area contributed by atoms with E-state index in [1.54, 1.807) is 0 Å². The topological polar surface area (TPSA) is 87.6 Å². The largest absolute Gasteiger partial charge is 0.369 e. The van der Waals surface area contributed by atoms with Crippen molar-refractivity contribution in [1.29, 1.82) is 0 Å². The number of H-pyrrole nitrogens is 2. The number of anilines is 1. The first-order valence-electron chi connectivity index (χ1n) is 5.18. The predicted octanol–water partition coefficient (Wildman–Crippen LogP) is 1.50. The van der Waals surface area contributed by atoms with Crippen molar-refractivity contribution >= 4 is 17.0 Å². The second-order valence-electron chi connectivity index (χ2n) is 3.76. The van der Waals surface area contributed by atoms with Crippen LogP contribution in [0.3, 0.4) is 0 Å². The van der Waals surface area contributed by atoms with E-state index in [-0.39, 0.29) is 11.5 Å².